The molecule has 0 aliphatic heterocycles. The Morgan fingerprint density at radius 1 is 0.889 bits per heavy atom. The van der Waals surface area contributed by atoms with Gasteiger partial charge in [-0.1, -0.05) is 27.2 Å². The van der Waals surface area contributed by atoms with Crippen LogP contribution < -0.4 is 0 Å². The van der Waals surface area contributed by atoms with Gasteiger partial charge in [-0.15, -0.1) is 0 Å². The lowest BCUT2D eigenvalue weighted by Gasteiger charge is -2.64. The maximum Gasteiger partial charge on any atom is 0.0605 e. The molecule has 27 heavy (non-hydrogen) atoms. The van der Waals surface area contributed by atoms with E-state index >= 15 is 0 Å². The highest BCUT2D eigenvalue weighted by molar-refractivity contribution is 5.13. The Bertz CT molecular complexity index is 536. The van der Waals surface area contributed by atoms with Crippen molar-refractivity contribution in [1.29, 1.82) is 0 Å². The highest BCUT2D eigenvalue weighted by Gasteiger charge is 2.64. The number of aliphatic hydroxyl groups excluding tert-OH is 3. The number of rotatable bonds is 4. The first-order chi connectivity index (χ1) is 12.9. The van der Waals surface area contributed by atoms with Crippen molar-refractivity contribution >= 4 is 0 Å². The van der Waals surface area contributed by atoms with Crippen LogP contribution in [0.4, 0.5) is 0 Å². The average Bonchev–Trinajstić information content (AvgIpc) is 2.98. The number of aliphatic hydroxyl groups is 3. The summed E-state index contributed by atoms with van der Waals surface area (Å²) in [5, 5.41) is 31.3. The van der Waals surface area contributed by atoms with Crippen molar-refractivity contribution in [2.75, 3.05) is 6.61 Å². The molecular weight excluding hydrogens is 336 g/mol. The lowest BCUT2D eigenvalue weighted by Crippen LogP contribution is -2.62. The molecule has 0 bridgehead atoms. The summed E-state index contributed by atoms with van der Waals surface area (Å²) in [5.41, 5.74) is 0.654. The fourth-order valence-corrected chi connectivity index (χ4v) is 8.88. The van der Waals surface area contributed by atoms with E-state index in [1.165, 1.54) is 25.7 Å². The van der Waals surface area contributed by atoms with E-state index in [0.29, 0.717) is 47.0 Å². The van der Waals surface area contributed by atoms with E-state index in [1.54, 1.807) is 0 Å². The third-order valence-corrected chi connectivity index (χ3v) is 10.3. The second-order valence-electron chi connectivity index (χ2n) is 11.1. The summed E-state index contributed by atoms with van der Waals surface area (Å²) in [4.78, 5) is 0. The molecule has 10 atom stereocenters. The van der Waals surface area contributed by atoms with E-state index in [4.69, 9.17) is 0 Å². The van der Waals surface area contributed by atoms with Gasteiger partial charge in [-0.05, 0) is 104 Å². The van der Waals surface area contributed by atoms with Crippen LogP contribution in [0, 0.1) is 46.3 Å². The van der Waals surface area contributed by atoms with Crippen molar-refractivity contribution < 1.29 is 15.3 Å². The van der Waals surface area contributed by atoms with Crippen molar-refractivity contribution in [2.45, 2.75) is 97.2 Å². The first-order valence-electron chi connectivity index (χ1n) is 11.8. The molecule has 4 saturated carbocycles. The van der Waals surface area contributed by atoms with Gasteiger partial charge < -0.3 is 15.3 Å². The van der Waals surface area contributed by atoms with Gasteiger partial charge in [0.15, 0.2) is 0 Å². The van der Waals surface area contributed by atoms with E-state index in [2.05, 4.69) is 20.8 Å². The largest absolute Gasteiger partial charge is 0.396 e. The molecule has 4 fully saturated rings. The van der Waals surface area contributed by atoms with Crippen LogP contribution in [0.3, 0.4) is 0 Å². The third kappa shape index (κ3) is 2.94. The summed E-state index contributed by atoms with van der Waals surface area (Å²) >= 11 is 0. The molecule has 0 amide bonds. The highest BCUT2D eigenvalue weighted by atomic mass is 16.3. The van der Waals surface area contributed by atoms with Crippen molar-refractivity contribution in [1.82, 2.24) is 0 Å². The minimum atomic E-state index is -0.190. The smallest absolute Gasteiger partial charge is 0.0605 e. The van der Waals surface area contributed by atoms with Gasteiger partial charge in [-0.2, -0.15) is 0 Å². The Labute approximate surface area is 165 Å². The minimum Gasteiger partial charge on any atom is -0.396 e. The fraction of sp³-hybridized carbons (Fsp3) is 1.00. The van der Waals surface area contributed by atoms with Gasteiger partial charge in [0.05, 0.1) is 12.2 Å². The topological polar surface area (TPSA) is 60.7 Å². The van der Waals surface area contributed by atoms with Gasteiger partial charge in [0.1, 0.15) is 0 Å². The van der Waals surface area contributed by atoms with E-state index in [0.717, 1.165) is 44.4 Å². The van der Waals surface area contributed by atoms with Crippen LogP contribution in [0.15, 0.2) is 0 Å². The molecule has 3 heteroatoms. The summed E-state index contributed by atoms with van der Waals surface area (Å²) in [6.07, 6.45) is 10.9. The lowest BCUT2D eigenvalue weighted by molar-refractivity contribution is -0.202. The van der Waals surface area contributed by atoms with Gasteiger partial charge in [0.2, 0.25) is 0 Å². The molecule has 3 nitrogen and oxygen atoms in total. The fourth-order valence-electron chi connectivity index (χ4n) is 8.88. The molecule has 0 aromatic heterocycles. The van der Waals surface area contributed by atoms with Gasteiger partial charge in [0, 0.05) is 6.61 Å². The van der Waals surface area contributed by atoms with E-state index in [9.17, 15) is 15.3 Å². The van der Waals surface area contributed by atoms with Crippen molar-refractivity contribution in [3.8, 4) is 0 Å². The molecule has 4 rings (SSSR count). The maximum absolute atomic E-state index is 11.6. The molecule has 0 heterocycles. The summed E-state index contributed by atoms with van der Waals surface area (Å²) in [5.74, 6) is 3.28. The Kier molecular flexibility index (Phi) is 5.44. The number of fused-ring (bicyclic) bond motifs is 5. The predicted octanol–water partition coefficient (Wildman–Crippen LogP) is 4.39. The van der Waals surface area contributed by atoms with Crippen LogP contribution >= 0.6 is 0 Å². The lowest BCUT2D eigenvalue weighted by atomic mass is 9.41. The molecule has 0 aromatic carbocycles. The monoisotopic (exact) mass is 378 g/mol. The Balaban J connectivity index is 1.65. The number of hydrogen-bond acceptors (Lipinski definition) is 3. The second-order valence-corrected chi connectivity index (χ2v) is 11.1. The average molecular weight is 379 g/mol. The molecule has 4 aliphatic carbocycles. The van der Waals surface area contributed by atoms with Gasteiger partial charge in [-0.3, -0.25) is 0 Å². The molecule has 0 unspecified atom stereocenters. The zero-order valence-corrected chi connectivity index (χ0v) is 17.7. The third-order valence-electron chi connectivity index (χ3n) is 10.3. The summed E-state index contributed by atoms with van der Waals surface area (Å²) in [7, 11) is 0. The summed E-state index contributed by atoms with van der Waals surface area (Å²) in [6, 6.07) is 0. The highest BCUT2D eigenvalue weighted by Crippen LogP contribution is 2.69. The molecule has 156 valence electrons. The van der Waals surface area contributed by atoms with Crippen LogP contribution in [-0.4, -0.2) is 34.1 Å². The van der Waals surface area contributed by atoms with Gasteiger partial charge in [0.25, 0.3) is 0 Å². The first-order valence-corrected chi connectivity index (χ1v) is 11.8. The molecule has 3 N–H and O–H groups in total. The quantitative estimate of drug-likeness (QED) is 0.680. The van der Waals surface area contributed by atoms with Crippen LogP contribution in [0.5, 0.6) is 0 Å². The standard InChI is InChI=1S/C24H42O3/c1-4-17-20-14-16(26)9-11-24(20,3)19-10-12-23(2)15(6-5-13-25)7-8-18(23)21(19)22(17)27/h15-22,25-27H,4-14H2,1-3H3/t15-,16+,17+,18-,19-,20-,21-,22+,23+,24+/m0/s1. The summed E-state index contributed by atoms with van der Waals surface area (Å²) in [6.45, 7) is 7.58. The molecule has 0 spiro atoms. The number of hydrogen-bond donors (Lipinski definition) is 3. The van der Waals surface area contributed by atoms with Crippen LogP contribution in [0.2, 0.25) is 0 Å². The second kappa shape index (κ2) is 7.29. The van der Waals surface area contributed by atoms with E-state index in [-0.39, 0.29) is 12.2 Å². The van der Waals surface area contributed by atoms with Crippen LogP contribution in [0.1, 0.15) is 85.0 Å². The summed E-state index contributed by atoms with van der Waals surface area (Å²) < 4.78 is 0. The molecule has 0 radical (unpaired) electrons. The maximum atomic E-state index is 11.6. The predicted molar refractivity (Wildman–Crippen MR) is 108 cm³/mol. The normalized spacial score (nSPS) is 54.9. The van der Waals surface area contributed by atoms with E-state index in [1.807, 2.05) is 0 Å². The van der Waals surface area contributed by atoms with Crippen molar-refractivity contribution in [2.24, 2.45) is 46.3 Å². The zero-order valence-electron chi connectivity index (χ0n) is 17.7. The van der Waals surface area contributed by atoms with E-state index < -0.39 is 0 Å². The van der Waals surface area contributed by atoms with Gasteiger partial charge >= 0.3 is 0 Å². The Morgan fingerprint density at radius 3 is 2.30 bits per heavy atom. The molecule has 4 aliphatic rings. The Hall–Kier alpha value is -0.120. The molecule has 0 aromatic rings. The van der Waals surface area contributed by atoms with Gasteiger partial charge in [-0.25, -0.2) is 0 Å². The minimum absolute atomic E-state index is 0.163. The van der Waals surface area contributed by atoms with Crippen LogP contribution in [-0.2, 0) is 0 Å². The zero-order chi connectivity index (χ0) is 19.4. The molecule has 0 saturated heterocycles. The Morgan fingerprint density at radius 2 is 1.59 bits per heavy atom. The van der Waals surface area contributed by atoms with Crippen molar-refractivity contribution in [3.05, 3.63) is 0 Å². The SMILES string of the molecule is CC[C@H]1[C@@H](O)[C@@H]2[C@H](CC[C@]3(C)[C@@H](CCCO)CC[C@@H]23)[C@@]2(C)CC[C@@H](O)C[C@@H]12. The van der Waals surface area contributed by atoms with Crippen molar-refractivity contribution in [3.63, 3.8) is 0 Å². The first kappa shape index (κ1) is 20.2. The molecular formula is C24H42O3. The van der Waals surface area contributed by atoms with Crippen LogP contribution in [0.25, 0.3) is 0 Å².